The molecule has 0 heterocycles. The van der Waals surface area contributed by atoms with Crippen LogP contribution in [0.5, 0.6) is 0 Å². The van der Waals surface area contributed by atoms with Crippen molar-refractivity contribution in [3.05, 3.63) is 52.0 Å². The van der Waals surface area contributed by atoms with Crippen LogP contribution in [0.15, 0.2) is 36.4 Å². The van der Waals surface area contributed by atoms with E-state index in [2.05, 4.69) is 5.32 Å². The Kier molecular flexibility index (Phi) is 3.83. The van der Waals surface area contributed by atoms with Crippen LogP contribution in [0.25, 0.3) is 0 Å². The molecule has 0 fully saturated rings. The molecule has 4 N–H and O–H groups in total. The highest BCUT2D eigenvalue weighted by Crippen LogP contribution is 2.33. The highest BCUT2D eigenvalue weighted by molar-refractivity contribution is 6.43. The fourth-order valence-electron chi connectivity index (χ4n) is 1.56. The Morgan fingerprint density at radius 2 is 1.89 bits per heavy atom. The van der Waals surface area contributed by atoms with Gasteiger partial charge in [-0.1, -0.05) is 29.3 Å². The van der Waals surface area contributed by atoms with Crippen molar-refractivity contribution >= 4 is 46.2 Å². The first-order valence-corrected chi connectivity index (χ1v) is 6.08. The lowest BCUT2D eigenvalue weighted by atomic mass is 10.1. The summed E-state index contributed by atoms with van der Waals surface area (Å²) in [6.07, 6.45) is 0. The molecule has 0 aliphatic rings. The number of nitrogens with one attached hydrogen (secondary N) is 1. The third-order valence-corrected chi connectivity index (χ3v) is 3.34. The first kappa shape index (κ1) is 13.5. The lowest BCUT2D eigenvalue weighted by Crippen LogP contribution is -2.01. The van der Waals surface area contributed by atoms with Gasteiger partial charge >= 0.3 is 5.97 Å². The average Bonchev–Trinajstić information content (AvgIpc) is 2.37. The van der Waals surface area contributed by atoms with Crippen molar-refractivity contribution in [2.75, 3.05) is 11.1 Å². The number of rotatable bonds is 3. The standard InChI is InChI=1S/C13H10Cl2N2O2/c14-8-2-1-3-11(12(8)15)17-10-5-4-7(13(18)19)6-9(10)16/h1-6,17H,16H2,(H,18,19). The van der Waals surface area contributed by atoms with Gasteiger partial charge in [-0.15, -0.1) is 0 Å². The van der Waals surface area contributed by atoms with Gasteiger partial charge in [0.2, 0.25) is 0 Å². The Morgan fingerprint density at radius 3 is 2.53 bits per heavy atom. The van der Waals surface area contributed by atoms with Gasteiger partial charge in [0.1, 0.15) is 0 Å². The smallest absolute Gasteiger partial charge is 0.335 e. The van der Waals surface area contributed by atoms with E-state index in [4.69, 9.17) is 34.0 Å². The van der Waals surface area contributed by atoms with Crippen LogP contribution in [0.1, 0.15) is 10.4 Å². The predicted octanol–water partition coefficient (Wildman–Crippen LogP) is 4.02. The van der Waals surface area contributed by atoms with E-state index in [1.807, 2.05) is 0 Å². The van der Waals surface area contributed by atoms with Gasteiger partial charge in [0.05, 0.1) is 32.7 Å². The molecule has 6 heteroatoms. The zero-order chi connectivity index (χ0) is 14.0. The van der Waals surface area contributed by atoms with Crippen molar-refractivity contribution in [2.24, 2.45) is 0 Å². The second-order valence-electron chi connectivity index (χ2n) is 3.83. The molecule has 2 aromatic carbocycles. The molecular formula is C13H10Cl2N2O2. The molecular weight excluding hydrogens is 287 g/mol. The van der Waals surface area contributed by atoms with E-state index in [9.17, 15) is 4.79 Å². The number of anilines is 3. The molecule has 0 saturated carbocycles. The summed E-state index contributed by atoms with van der Waals surface area (Å²) in [6.45, 7) is 0. The molecule has 98 valence electrons. The van der Waals surface area contributed by atoms with Gasteiger partial charge in [-0.05, 0) is 30.3 Å². The second kappa shape index (κ2) is 5.38. The molecule has 0 aliphatic heterocycles. The van der Waals surface area contributed by atoms with Crippen LogP contribution >= 0.6 is 23.2 Å². The summed E-state index contributed by atoms with van der Waals surface area (Å²) in [7, 11) is 0. The van der Waals surface area contributed by atoms with Crippen molar-refractivity contribution in [3.8, 4) is 0 Å². The van der Waals surface area contributed by atoms with Crippen LogP contribution in [0, 0.1) is 0 Å². The summed E-state index contributed by atoms with van der Waals surface area (Å²) in [5.41, 5.74) is 7.40. The molecule has 2 rings (SSSR count). The van der Waals surface area contributed by atoms with Gasteiger partial charge in [0.25, 0.3) is 0 Å². The second-order valence-corrected chi connectivity index (χ2v) is 4.62. The van der Waals surface area contributed by atoms with Crippen molar-refractivity contribution in [2.45, 2.75) is 0 Å². The Balaban J connectivity index is 2.34. The molecule has 0 unspecified atom stereocenters. The number of carboxylic acids is 1. The number of halogens is 2. The highest BCUT2D eigenvalue weighted by Gasteiger charge is 2.09. The van der Waals surface area contributed by atoms with Crippen LogP contribution in [0.3, 0.4) is 0 Å². The minimum atomic E-state index is -1.03. The van der Waals surface area contributed by atoms with Gasteiger partial charge in [-0.3, -0.25) is 0 Å². The molecule has 4 nitrogen and oxygen atoms in total. The van der Waals surface area contributed by atoms with Crippen molar-refractivity contribution in [1.29, 1.82) is 0 Å². The Labute approximate surface area is 119 Å². The van der Waals surface area contributed by atoms with E-state index < -0.39 is 5.97 Å². The lowest BCUT2D eigenvalue weighted by molar-refractivity contribution is 0.0697. The maximum atomic E-state index is 10.8. The minimum absolute atomic E-state index is 0.125. The number of hydrogen-bond acceptors (Lipinski definition) is 3. The molecule has 0 aliphatic carbocycles. The van der Waals surface area contributed by atoms with Crippen LogP contribution in [0.2, 0.25) is 10.0 Å². The number of carbonyl (C=O) groups is 1. The summed E-state index contributed by atoms with van der Waals surface area (Å²) >= 11 is 12.0. The minimum Gasteiger partial charge on any atom is -0.478 e. The molecule has 0 saturated heterocycles. The number of aromatic carboxylic acids is 1. The van der Waals surface area contributed by atoms with E-state index in [0.29, 0.717) is 27.1 Å². The first-order chi connectivity index (χ1) is 8.99. The summed E-state index contributed by atoms with van der Waals surface area (Å²) in [6, 6.07) is 9.59. The van der Waals surface area contributed by atoms with Crippen molar-refractivity contribution in [3.63, 3.8) is 0 Å². The summed E-state index contributed by atoms with van der Waals surface area (Å²) in [5, 5.41) is 12.7. The van der Waals surface area contributed by atoms with E-state index >= 15 is 0 Å². The zero-order valence-electron chi connectivity index (χ0n) is 9.65. The maximum Gasteiger partial charge on any atom is 0.335 e. The number of hydrogen-bond donors (Lipinski definition) is 3. The summed E-state index contributed by atoms with van der Waals surface area (Å²) < 4.78 is 0. The fourth-order valence-corrected chi connectivity index (χ4v) is 1.90. The van der Waals surface area contributed by atoms with E-state index in [-0.39, 0.29) is 5.56 Å². The first-order valence-electron chi connectivity index (χ1n) is 5.33. The molecule has 0 spiro atoms. The SMILES string of the molecule is Nc1cc(C(=O)O)ccc1Nc1cccc(Cl)c1Cl. The van der Waals surface area contributed by atoms with Gasteiger partial charge < -0.3 is 16.2 Å². The van der Waals surface area contributed by atoms with E-state index in [1.54, 1.807) is 24.3 Å². The van der Waals surface area contributed by atoms with Crippen LogP contribution in [0.4, 0.5) is 17.1 Å². The van der Waals surface area contributed by atoms with Crippen LogP contribution < -0.4 is 11.1 Å². The number of benzene rings is 2. The third-order valence-electron chi connectivity index (χ3n) is 2.52. The van der Waals surface area contributed by atoms with Crippen molar-refractivity contribution < 1.29 is 9.90 Å². The Morgan fingerprint density at radius 1 is 1.16 bits per heavy atom. The number of nitrogens with two attached hydrogens (primary N) is 1. The molecule has 0 aromatic heterocycles. The molecule has 19 heavy (non-hydrogen) atoms. The molecule has 0 radical (unpaired) electrons. The predicted molar refractivity (Wildman–Crippen MR) is 77.6 cm³/mol. The highest BCUT2D eigenvalue weighted by atomic mass is 35.5. The Hall–Kier alpha value is -1.91. The fraction of sp³-hybridized carbons (Fsp3) is 0. The number of carboxylic acid groups (broad SMARTS) is 1. The third kappa shape index (κ3) is 2.92. The van der Waals surface area contributed by atoms with E-state index in [1.165, 1.54) is 12.1 Å². The monoisotopic (exact) mass is 296 g/mol. The van der Waals surface area contributed by atoms with Gasteiger partial charge in [0.15, 0.2) is 0 Å². The van der Waals surface area contributed by atoms with Crippen molar-refractivity contribution in [1.82, 2.24) is 0 Å². The van der Waals surface area contributed by atoms with Gasteiger partial charge in [-0.25, -0.2) is 4.79 Å². The largest absolute Gasteiger partial charge is 0.478 e. The lowest BCUT2D eigenvalue weighted by Gasteiger charge is -2.12. The molecule has 0 amide bonds. The normalized spacial score (nSPS) is 10.2. The summed E-state index contributed by atoms with van der Waals surface area (Å²) in [5.74, 6) is -1.03. The quantitative estimate of drug-likeness (QED) is 0.748. The zero-order valence-corrected chi connectivity index (χ0v) is 11.2. The molecule has 0 bridgehead atoms. The number of nitrogen functional groups attached to an aromatic ring is 1. The Bertz CT molecular complexity index is 645. The van der Waals surface area contributed by atoms with E-state index in [0.717, 1.165) is 0 Å². The molecule has 2 aromatic rings. The topological polar surface area (TPSA) is 75.4 Å². The maximum absolute atomic E-state index is 10.8. The van der Waals surface area contributed by atoms with Gasteiger partial charge in [-0.2, -0.15) is 0 Å². The van der Waals surface area contributed by atoms with Crippen LogP contribution in [-0.4, -0.2) is 11.1 Å². The van der Waals surface area contributed by atoms with Gasteiger partial charge in [0, 0.05) is 0 Å². The average molecular weight is 297 g/mol. The summed E-state index contributed by atoms with van der Waals surface area (Å²) in [4.78, 5) is 10.8. The van der Waals surface area contributed by atoms with Crippen LogP contribution in [-0.2, 0) is 0 Å². The molecule has 0 atom stereocenters.